The molecule has 2 heterocycles. The second-order valence-electron chi connectivity index (χ2n) is 6.42. The van der Waals surface area contributed by atoms with E-state index in [1.165, 1.54) is 19.4 Å². The number of likely N-dealkylation sites (tertiary alicyclic amines) is 1. The Morgan fingerprint density at radius 1 is 1.30 bits per heavy atom. The van der Waals surface area contributed by atoms with Crippen LogP contribution in [0.3, 0.4) is 0 Å². The number of nitrogens with one attached hydrogen (secondary N) is 1. The molecule has 1 N–H and O–H groups in total. The Morgan fingerprint density at radius 3 is 2.65 bits per heavy atom. The van der Waals surface area contributed by atoms with Gasteiger partial charge in [0.15, 0.2) is 0 Å². The molecule has 1 amide bonds. The van der Waals surface area contributed by atoms with Crippen LogP contribution in [-0.2, 0) is 9.53 Å². The lowest BCUT2D eigenvalue weighted by molar-refractivity contribution is -0.123. The average Bonchev–Trinajstić information content (AvgIpc) is 2.91. The topological polar surface area (TPSA) is 44.8 Å². The van der Waals surface area contributed by atoms with Crippen LogP contribution in [0.15, 0.2) is 0 Å². The molecule has 0 aromatic carbocycles. The van der Waals surface area contributed by atoms with E-state index in [0.717, 1.165) is 38.5 Å². The summed E-state index contributed by atoms with van der Waals surface area (Å²) in [5.74, 6) is 0.933. The van der Waals surface area contributed by atoms with Crippen molar-refractivity contribution in [3.63, 3.8) is 0 Å². The highest BCUT2D eigenvalue weighted by Crippen LogP contribution is 2.17. The Morgan fingerprint density at radius 2 is 2.05 bits per heavy atom. The van der Waals surface area contributed by atoms with Gasteiger partial charge in [-0.15, -0.1) is 0 Å². The van der Waals surface area contributed by atoms with E-state index < -0.39 is 0 Å². The lowest BCUT2D eigenvalue weighted by Crippen LogP contribution is -2.44. The maximum Gasteiger partial charge on any atom is 0.234 e. The fourth-order valence-electron chi connectivity index (χ4n) is 3.14. The highest BCUT2D eigenvalue weighted by Gasteiger charge is 2.22. The van der Waals surface area contributed by atoms with Gasteiger partial charge in [0.25, 0.3) is 0 Å². The minimum absolute atomic E-state index is 0.145. The maximum absolute atomic E-state index is 11.9. The summed E-state index contributed by atoms with van der Waals surface area (Å²) in [6.07, 6.45) is 4.86. The first kappa shape index (κ1) is 15.7. The highest BCUT2D eigenvalue weighted by molar-refractivity contribution is 5.78. The molecule has 1 atom stereocenters. The normalized spacial score (nSPS) is 25.2. The third kappa shape index (κ3) is 5.38. The van der Waals surface area contributed by atoms with E-state index in [-0.39, 0.29) is 12.0 Å². The van der Waals surface area contributed by atoms with Gasteiger partial charge in [-0.3, -0.25) is 9.69 Å². The Hall–Kier alpha value is -0.650. The zero-order valence-electron chi connectivity index (χ0n) is 12.9. The molecule has 0 aliphatic carbocycles. The summed E-state index contributed by atoms with van der Waals surface area (Å²) >= 11 is 0. The van der Waals surface area contributed by atoms with E-state index in [4.69, 9.17) is 4.74 Å². The van der Waals surface area contributed by atoms with Gasteiger partial charge >= 0.3 is 0 Å². The summed E-state index contributed by atoms with van der Waals surface area (Å²) in [5.41, 5.74) is 0. The SMILES string of the molecule is CN(C)CC1CCN(CC(=O)NC[C@@H]2CCCO2)CC1. The van der Waals surface area contributed by atoms with Crippen molar-refractivity contribution in [3.05, 3.63) is 0 Å². The van der Waals surface area contributed by atoms with Crippen molar-refractivity contribution < 1.29 is 9.53 Å². The van der Waals surface area contributed by atoms with Crippen LogP contribution in [0.5, 0.6) is 0 Å². The molecule has 5 heteroatoms. The van der Waals surface area contributed by atoms with E-state index in [0.29, 0.717) is 13.1 Å². The first-order chi connectivity index (χ1) is 9.63. The average molecular weight is 283 g/mol. The van der Waals surface area contributed by atoms with Gasteiger partial charge in [-0.05, 0) is 58.8 Å². The number of hydrogen-bond acceptors (Lipinski definition) is 4. The highest BCUT2D eigenvalue weighted by atomic mass is 16.5. The number of carbonyl (C=O) groups excluding carboxylic acids is 1. The lowest BCUT2D eigenvalue weighted by Gasteiger charge is -2.32. The molecule has 116 valence electrons. The van der Waals surface area contributed by atoms with Gasteiger partial charge in [-0.2, -0.15) is 0 Å². The number of ether oxygens (including phenoxy) is 1. The molecular weight excluding hydrogens is 254 g/mol. The molecule has 0 aromatic heterocycles. The Labute approximate surface area is 122 Å². The quantitative estimate of drug-likeness (QED) is 0.773. The van der Waals surface area contributed by atoms with Crippen LogP contribution in [-0.4, -0.2) is 75.2 Å². The van der Waals surface area contributed by atoms with Gasteiger partial charge in [-0.1, -0.05) is 0 Å². The summed E-state index contributed by atoms with van der Waals surface area (Å²) < 4.78 is 5.51. The van der Waals surface area contributed by atoms with Crippen LogP contribution in [0, 0.1) is 5.92 Å². The standard InChI is InChI=1S/C15H29N3O2/c1-17(2)11-13-5-7-18(8-6-13)12-15(19)16-10-14-4-3-9-20-14/h13-14H,3-12H2,1-2H3,(H,16,19)/t14-/m0/s1. The third-order valence-corrected chi connectivity index (χ3v) is 4.25. The number of hydrogen-bond donors (Lipinski definition) is 1. The third-order valence-electron chi connectivity index (χ3n) is 4.25. The molecule has 0 unspecified atom stereocenters. The monoisotopic (exact) mass is 283 g/mol. The predicted molar refractivity (Wildman–Crippen MR) is 79.7 cm³/mol. The molecule has 0 radical (unpaired) electrons. The van der Waals surface area contributed by atoms with Gasteiger partial charge in [-0.25, -0.2) is 0 Å². The number of nitrogens with zero attached hydrogens (tertiary/aromatic N) is 2. The number of carbonyl (C=O) groups is 1. The van der Waals surface area contributed by atoms with Crippen LogP contribution in [0.1, 0.15) is 25.7 Å². The van der Waals surface area contributed by atoms with Crippen molar-refractivity contribution >= 4 is 5.91 Å². The van der Waals surface area contributed by atoms with Crippen LogP contribution >= 0.6 is 0 Å². The van der Waals surface area contributed by atoms with Crippen molar-refractivity contribution in [1.29, 1.82) is 0 Å². The second kappa shape index (κ2) is 7.96. The summed E-state index contributed by atoms with van der Waals surface area (Å²) in [6, 6.07) is 0. The van der Waals surface area contributed by atoms with Gasteiger partial charge in [0.1, 0.15) is 0 Å². The molecule has 0 spiro atoms. The number of rotatable bonds is 6. The molecule has 5 nitrogen and oxygen atoms in total. The van der Waals surface area contributed by atoms with Gasteiger partial charge in [0, 0.05) is 19.7 Å². The van der Waals surface area contributed by atoms with Crippen LogP contribution < -0.4 is 5.32 Å². The number of amides is 1. The van der Waals surface area contributed by atoms with Crippen molar-refractivity contribution in [2.24, 2.45) is 5.92 Å². The lowest BCUT2D eigenvalue weighted by atomic mass is 9.96. The smallest absolute Gasteiger partial charge is 0.234 e. The Balaban J connectivity index is 1.58. The predicted octanol–water partition coefficient (Wildman–Crippen LogP) is 0.555. The fourth-order valence-corrected chi connectivity index (χ4v) is 3.14. The summed E-state index contributed by atoms with van der Waals surface area (Å²) in [6.45, 7) is 5.33. The van der Waals surface area contributed by atoms with Crippen molar-refractivity contribution in [3.8, 4) is 0 Å². The molecule has 2 saturated heterocycles. The van der Waals surface area contributed by atoms with E-state index in [1.54, 1.807) is 0 Å². The molecule has 2 aliphatic rings. The number of piperidine rings is 1. The zero-order chi connectivity index (χ0) is 14.4. The summed E-state index contributed by atoms with van der Waals surface area (Å²) in [5, 5.41) is 3.00. The molecule has 0 aromatic rings. The van der Waals surface area contributed by atoms with Crippen LogP contribution in [0.4, 0.5) is 0 Å². The molecule has 2 fully saturated rings. The second-order valence-corrected chi connectivity index (χ2v) is 6.42. The summed E-state index contributed by atoms with van der Waals surface area (Å²) in [7, 11) is 4.26. The maximum atomic E-state index is 11.9. The van der Waals surface area contributed by atoms with Gasteiger partial charge in [0.05, 0.1) is 12.6 Å². The molecule has 2 aliphatic heterocycles. The fraction of sp³-hybridized carbons (Fsp3) is 0.933. The van der Waals surface area contributed by atoms with E-state index >= 15 is 0 Å². The Bertz CT molecular complexity index is 295. The minimum Gasteiger partial charge on any atom is -0.376 e. The first-order valence-corrected chi connectivity index (χ1v) is 7.89. The van der Waals surface area contributed by atoms with Crippen LogP contribution in [0.2, 0.25) is 0 Å². The molecule has 0 bridgehead atoms. The van der Waals surface area contributed by atoms with Gasteiger partial charge < -0.3 is 15.0 Å². The zero-order valence-corrected chi connectivity index (χ0v) is 12.9. The van der Waals surface area contributed by atoms with Crippen LogP contribution in [0.25, 0.3) is 0 Å². The molecule has 0 saturated carbocycles. The molecule has 20 heavy (non-hydrogen) atoms. The minimum atomic E-state index is 0.145. The molecular formula is C15H29N3O2. The summed E-state index contributed by atoms with van der Waals surface area (Å²) in [4.78, 5) is 16.4. The first-order valence-electron chi connectivity index (χ1n) is 7.89. The van der Waals surface area contributed by atoms with Crippen molar-refractivity contribution in [2.45, 2.75) is 31.8 Å². The Kier molecular flexibility index (Phi) is 6.26. The van der Waals surface area contributed by atoms with Crippen molar-refractivity contribution in [2.75, 3.05) is 53.4 Å². The van der Waals surface area contributed by atoms with Gasteiger partial charge in [0.2, 0.25) is 5.91 Å². The van der Waals surface area contributed by atoms with Crippen molar-refractivity contribution in [1.82, 2.24) is 15.1 Å². The van der Waals surface area contributed by atoms with E-state index in [2.05, 4.69) is 29.2 Å². The van der Waals surface area contributed by atoms with E-state index in [9.17, 15) is 4.79 Å². The largest absolute Gasteiger partial charge is 0.376 e. The molecule has 2 rings (SSSR count). The van der Waals surface area contributed by atoms with E-state index in [1.807, 2.05) is 0 Å².